The van der Waals surface area contributed by atoms with E-state index in [9.17, 15) is 9.59 Å². The van der Waals surface area contributed by atoms with E-state index in [0.29, 0.717) is 11.7 Å². The van der Waals surface area contributed by atoms with Crippen LogP contribution >= 0.6 is 0 Å². The summed E-state index contributed by atoms with van der Waals surface area (Å²) in [6.45, 7) is 3.64. The first-order valence-corrected chi connectivity index (χ1v) is 7.73. The quantitative estimate of drug-likeness (QED) is 0.892. The van der Waals surface area contributed by atoms with Crippen LogP contribution in [0.25, 0.3) is 0 Å². The average molecular weight is 299 g/mol. The molecule has 5 nitrogen and oxygen atoms in total. The lowest BCUT2D eigenvalue weighted by molar-refractivity contribution is 0.545. The van der Waals surface area contributed by atoms with Gasteiger partial charge in [-0.05, 0) is 38.2 Å². The Hall–Kier alpha value is -2.30. The van der Waals surface area contributed by atoms with Gasteiger partial charge in [-0.3, -0.25) is 14.3 Å². The number of benzene rings is 1. The molecule has 116 valence electrons. The molecule has 5 heteroatoms. The van der Waals surface area contributed by atoms with E-state index in [-0.39, 0.29) is 23.3 Å². The van der Waals surface area contributed by atoms with Crippen molar-refractivity contribution >= 4 is 5.82 Å². The molecule has 0 radical (unpaired) electrons. The van der Waals surface area contributed by atoms with Gasteiger partial charge < -0.3 is 5.32 Å². The second-order valence-corrected chi connectivity index (χ2v) is 6.16. The first-order chi connectivity index (χ1) is 10.6. The molecule has 0 unspecified atom stereocenters. The van der Waals surface area contributed by atoms with Gasteiger partial charge in [0.25, 0.3) is 5.56 Å². The molecule has 1 aromatic heterocycles. The molecule has 2 aromatic rings. The van der Waals surface area contributed by atoms with Crippen LogP contribution < -0.4 is 16.6 Å². The minimum atomic E-state index is -0.368. The fourth-order valence-corrected chi connectivity index (χ4v) is 2.80. The Morgan fingerprint density at radius 1 is 1.18 bits per heavy atom. The minimum Gasteiger partial charge on any atom is -0.364 e. The molecule has 2 N–H and O–H groups in total. The number of hydrogen-bond acceptors (Lipinski definition) is 3. The van der Waals surface area contributed by atoms with Crippen molar-refractivity contribution in [2.24, 2.45) is 5.92 Å². The van der Waals surface area contributed by atoms with Crippen LogP contribution in [0.3, 0.4) is 0 Å². The zero-order valence-electron chi connectivity index (χ0n) is 12.9. The van der Waals surface area contributed by atoms with Crippen molar-refractivity contribution in [1.29, 1.82) is 0 Å². The van der Waals surface area contributed by atoms with Gasteiger partial charge in [0.05, 0.1) is 6.04 Å². The largest absolute Gasteiger partial charge is 0.364 e. The summed E-state index contributed by atoms with van der Waals surface area (Å²) < 4.78 is 1.22. The van der Waals surface area contributed by atoms with Crippen molar-refractivity contribution in [1.82, 2.24) is 9.55 Å². The first-order valence-electron chi connectivity index (χ1n) is 7.73. The molecule has 0 aliphatic heterocycles. The fourth-order valence-electron chi connectivity index (χ4n) is 2.80. The standard InChI is InChI=1S/C17H21N3O2/c1-11(2)20-15(21)10-14(19-17(20)22)18-16(13-8-9-13)12-6-4-3-5-7-12/h3-7,10-11,13,16,18H,8-9H2,1-2H3,(H,19,22)/t16-/m1/s1. The molecule has 22 heavy (non-hydrogen) atoms. The van der Waals surface area contributed by atoms with E-state index in [0.717, 1.165) is 0 Å². The van der Waals surface area contributed by atoms with Crippen molar-refractivity contribution in [3.63, 3.8) is 0 Å². The zero-order chi connectivity index (χ0) is 15.7. The van der Waals surface area contributed by atoms with E-state index < -0.39 is 0 Å². The van der Waals surface area contributed by atoms with Gasteiger partial charge >= 0.3 is 5.69 Å². The molecule has 1 aliphatic carbocycles. The molecule has 0 amide bonds. The molecular formula is C17H21N3O2. The van der Waals surface area contributed by atoms with Crippen molar-refractivity contribution in [2.45, 2.75) is 38.8 Å². The number of anilines is 1. The summed E-state index contributed by atoms with van der Waals surface area (Å²) in [5.41, 5.74) is 0.537. The highest BCUT2D eigenvalue weighted by atomic mass is 16.2. The number of aromatic amines is 1. The number of nitrogens with one attached hydrogen (secondary N) is 2. The second-order valence-electron chi connectivity index (χ2n) is 6.16. The van der Waals surface area contributed by atoms with E-state index in [1.54, 1.807) is 0 Å². The molecule has 1 atom stereocenters. The third-order valence-electron chi connectivity index (χ3n) is 4.05. The van der Waals surface area contributed by atoms with E-state index in [2.05, 4.69) is 22.4 Å². The number of aromatic nitrogens is 2. The second kappa shape index (κ2) is 5.83. The van der Waals surface area contributed by atoms with Crippen LogP contribution in [-0.2, 0) is 0 Å². The third-order valence-corrected chi connectivity index (χ3v) is 4.05. The highest BCUT2D eigenvalue weighted by Gasteiger charge is 2.32. The van der Waals surface area contributed by atoms with Crippen molar-refractivity contribution in [2.75, 3.05) is 5.32 Å². The van der Waals surface area contributed by atoms with Gasteiger partial charge in [-0.2, -0.15) is 0 Å². The summed E-state index contributed by atoms with van der Waals surface area (Å²) in [5, 5.41) is 3.34. The van der Waals surface area contributed by atoms with Crippen LogP contribution in [0.4, 0.5) is 5.82 Å². The maximum Gasteiger partial charge on any atom is 0.330 e. The molecule has 1 saturated carbocycles. The Bertz CT molecular complexity index is 726. The summed E-state index contributed by atoms with van der Waals surface area (Å²) in [6.07, 6.45) is 2.33. The molecular weight excluding hydrogens is 278 g/mol. The lowest BCUT2D eigenvalue weighted by Crippen LogP contribution is -2.36. The Morgan fingerprint density at radius 2 is 1.86 bits per heavy atom. The SMILES string of the molecule is CC(C)n1c(=O)cc(N[C@H](c2ccccc2)C2CC2)[nH]c1=O. The Morgan fingerprint density at radius 3 is 2.41 bits per heavy atom. The van der Waals surface area contributed by atoms with Crippen LogP contribution in [0, 0.1) is 5.92 Å². The maximum atomic E-state index is 12.1. The van der Waals surface area contributed by atoms with Gasteiger partial charge in [-0.25, -0.2) is 4.79 Å². The minimum absolute atomic E-state index is 0.131. The van der Waals surface area contributed by atoms with Crippen molar-refractivity contribution in [3.05, 3.63) is 62.8 Å². The molecule has 1 heterocycles. The topological polar surface area (TPSA) is 66.9 Å². The van der Waals surface area contributed by atoms with E-state index in [1.165, 1.54) is 29.0 Å². The molecule has 1 aromatic carbocycles. The van der Waals surface area contributed by atoms with Gasteiger partial charge in [0.15, 0.2) is 0 Å². The highest BCUT2D eigenvalue weighted by molar-refractivity contribution is 5.38. The third kappa shape index (κ3) is 2.98. The predicted molar refractivity (Wildman–Crippen MR) is 87.2 cm³/mol. The summed E-state index contributed by atoms with van der Waals surface area (Å²) in [7, 11) is 0. The summed E-state index contributed by atoms with van der Waals surface area (Å²) >= 11 is 0. The van der Waals surface area contributed by atoms with Gasteiger partial charge in [-0.1, -0.05) is 30.3 Å². The normalized spacial score (nSPS) is 15.8. The zero-order valence-corrected chi connectivity index (χ0v) is 12.9. The fraction of sp³-hybridized carbons (Fsp3) is 0.412. The molecule has 1 fully saturated rings. The van der Waals surface area contributed by atoms with Gasteiger partial charge in [0.1, 0.15) is 5.82 Å². The smallest absolute Gasteiger partial charge is 0.330 e. The van der Waals surface area contributed by atoms with Crippen LogP contribution in [0.2, 0.25) is 0 Å². The molecule has 0 saturated heterocycles. The Kier molecular flexibility index (Phi) is 3.88. The number of rotatable bonds is 5. The summed E-state index contributed by atoms with van der Waals surface area (Å²) in [5.74, 6) is 1.05. The average Bonchev–Trinajstić information content (AvgIpc) is 3.29. The van der Waals surface area contributed by atoms with Crippen molar-refractivity contribution in [3.8, 4) is 0 Å². The summed E-state index contributed by atoms with van der Waals surface area (Å²) in [4.78, 5) is 27.0. The van der Waals surface area contributed by atoms with Gasteiger partial charge in [0, 0.05) is 12.1 Å². The lowest BCUT2D eigenvalue weighted by Gasteiger charge is -2.20. The summed E-state index contributed by atoms with van der Waals surface area (Å²) in [6, 6.07) is 11.6. The van der Waals surface area contributed by atoms with E-state index >= 15 is 0 Å². The maximum absolute atomic E-state index is 12.1. The lowest BCUT2D eigenvalue weighted by atomic mass is 10.0. The Balaban J connectivity index is 1.91. The van der Waals surface area contributed by atoms with E-state index in [4.69, 9.17) is 0 Å². The van der Waals surface area contributed by atoms with Gasteiger partial charge in [0.2, 0.25) is 0 Å². The first kappa shape index (κ1) is 14.6. The Labute approximate surface area is 129 Å². The van der Waals surface area contributed by atoms with E-state index in [1.807, 2.05) is 32.0 Å². The van der Waals surface area contributed by atoms with Crippen LogP contribution in [0.1, 0.15) is 44.3 Å². The molecule has 0 spiro atoms. The molecule has 1 aliphatic rings. The number of nitrogens with zero attached hydrogens (tertiary/aromatic N) is 1. The highest BCUT2D eigenvalue weighted by Crippen LogP contribution is 2.42. The number of hydrogen-bond donors (Lipinski definition) is 2. The monoisotopic (exact) mass is 299 g/mol. The van der Waals surface area contributed by atoms with Crippen LogP contribution in [-0.4, -0.2) is 9.55 Å². The molecule has 3 rings (SSSR count). The van der Waals surface area contributed by atoms with Crippen molar-refractivity contribution < 1.29 is 0 Å². The van der Waals surface area contributed by atoms with Crippen LogP contribution in [0.15, 0.2) is 46.0 Å². The number of H-pyrrole nitrogens is 1. The predicted octanol–water partition coefficient (Wildman–Crippen LogP) is 2.68. The van der Waals surface area contributed by atoms with Crippen LogP contribution in [0.5, 0.6) is 0 Å². The molecule has 0 bridgehead atoms. The van der Waals surface area contributed by atoms with Gasteiger partial charge in [-0.15, -0.1) is 0 Å².